The highest BCUT2D eigenvalue weighted by Crippen LogP contribution is 2.25. The van der Waals surface area contributed by atoms with E-state index in [0.717, 1.165) is 0 Å². The second-order valence-corrected chi connectivity index (χ2v) is 5.24. The molecule has 0 radical (unpaired) electrons. The molecule has 0 saturated carbocycles. The van der Waals surface area contributed by atoms with Gasteiger partial charge in [0.25, 0.3) is 0 Å². The van der Waals surface area contributed by atoms with Crippen LogP contribution in [0.25, 0.3) is 0 Å². The molecule has 0 heterocycles. The van der Waals surface area contributed by atoms with Crippen molar-refractivity contribution in [2.75, 3.05) is 0 Å². The highest BCUT2D eigenvalue weighted by atomic mass is 127. The van der Waals surface area contributed by atoms with Gasteiger partial charge in [0.05, 0.1) is 5.38 Å². The summed E-state index contributed by atoms with van der Waals surface area (Å²) in [7, 11) is 0. The smallest absolute Gasteiger partial charge is 0.337 e. The average molecular weight is 369 g/mol. The summed E-state index contributed by atoms with van der Waals surface area (Å²) in [5.41, 5.74) is 0.243. The molecule has 0 aliphatic rings. The number of halogens is 2. The average Bonchev–Trinajstić information content (AvgIpc) is 2.26. The molecule has 6 heteroatoms. The molecule has 0 aromatic heterocycles. The third kappa shape index (κ3) is 3.17. The lowest BCUT2D eigenvalue weighted by atomic mass is 9.98. The lowest BCUT2D eigenvalue weighted by Gasteiger charge is -2.14. The van der Waals surface area contributed by atoms with Crippen LogP contribution in [0.15, 0.2) is 18.2 Å². The van der Waals surface area contributed by atoms with Crippen LogP contribution in [0.4, 0.5) is 0 Å². The van der Waals surface area contributed by atoms with Crippen molar-refractivity contribution in [3.05, 3.63) is 32.9 Å². The van der Waals surface area contributed by atoms with Crippen LogP contribution in [0.2, 0.25) is 0 Å². The van der Waals surface area contributed by atoms with E-state index in [1.165, 1.54) is 13.0 Å². The first-order chi connectivity index (χ1) is 7.86. The fourth-order valence-electron chi connectivity index (χ4n) is 1.36. The predicted molar refractivity (Wildman–Crippen MR) is 71.4 cm³/mol. The Kier molecular flexibility index (Phi) is 4.91. The molecule has 0 amide bonds. The summed E-state index contributed by atoms with van der Waals surface area (Å²) in [6, 6.07) is 4.65. The molecule has 1 rings (SSSR count). The Morgan fingerprint density at radius 1 is 1.41 bits per heavy atom. The SMILES string of the molecule is CC(Cl)C(=O)c1c(I)cccc1C(O)C(=O)O. The summed E-state index contributed by atoms with van der Waals surface area (Å²) in [6.45, 7) is 1.50. The number of hydrogen-bond acceptors (Lipinski definition) is 3. The minimum atomic E-state index is -1.72. The summed E-state index contributed by atoms with van der Waals surface area (Å²) in [6.07, 6.45) is -1.72. The molecular weight excluding hydrogens is 358 g/mol. The van der Waals surface area contributed by atoms with E-state index in [-0.39, 0.29) is 11.1 Å². The third-order valence-electron chi connectivity index (χ3n) is 2.18. The van der Waals surface area contributed by atoms with Crippen molar-refractivity contribution in [1.29, 1.82) is 0 Å². The maximum absolute atomic E-state index is 11.9. The van der Waals surface area contributed by atoms with Crippen molar-refractivity contribution in [1.82, 2.24) is 0 Å². The van der Waals surface area contributed by atoms with Crippen LogP contribution in [0.5, 0.6) is 0 Å². The molecule has 0 aliphatic heterocycles. The second kappa shape index (κ2) is 5.79. The molecule has 0 fully saturated rings. The molecule has 1 aromatic rings. The molecule has 0 saturated heterocycles. The topological polar surface area (TPSA) is 74.6 Å². The van der Waals surface area contributed by atoms with Crippen molar-refractivity contribution in [3.63, 3.8) is 0 Å². The number of ketones is 1. The molecule has 1 aromatic carbocycles. The van der Waals surface area contributed by atoms with Gasteiger partial charge in [-0.05, 0) is 35.6 Å². The maximum Gasteiger partial charge on any atom is 0.337 e. The number of aliphatic carboxylic acids is 1. The molecule has 92 valence electrons. The van der Waals surface area contributed by atoms with Gasteiger partial charge in [-0.1, -0.05) is 12.1 Å². The molecule has 0 spiro atoms. The van der Waals surface area contributed by atoms with Crippen LogP contribution in [0.3, 0.4) is 0 Å². The van der Waals surface area contributed by atoms with E-state index in [1.807, 2.05) is 22.6 Å². The van der Waals surface area contributed by atoms with Crippen LogP contribution < -0.4 is 0 Å². The molecule has 4 nitrogen and oxygen atoms in total. The predicted octanol–water partition coefficient (Wildman–Crippen LogP) is 2.22. The Bertz CT molecular complexity index is 459. The third-order valence-corrected chi connectivity index (χ3v) is 3.28. The first kappa shape index (κ1) is 14.4. The molecule has 2 atom stereocenters. The number of Topliss-reactive ketones (excluding diaryl/α,β-unsaturated/α-hetero) is 1. The first-order valence-electron chi connectivity index (χ1n) is 4.73. The molecule has 0 aliphatic carbocycles. The van der Waals surface area contributed by atoms with Crippen LogP contribution >= 0.6 is 34.2 Å². The van der Waals surface area contributed by atoms with Gasteiger partial charge < -0.3 is 10.2 Å². The van der Waals surface area contributed by atoms with Crippen molar-refractivity contribution in [3.8, 4) is 0 Å². The first-order valence-corrected chi connectivity index (χ1v) is 6.25. The van der Waals surface area contributed by atoms with Crippen molar-refractivity contribution < 1.29 is 19.8 Å². The van der Waals surface area contributed by atoms with Crippen molar-refractivity contribution in [2.24, 2.45) is 0 Å². The zero-order valence-corrected chi connectivity index (χ0v) is 11.8. The lowest BCUT2D eigenvalue weighted by Crippen LogP contribution is -2.20. The number of hydrogen-bond donors (Lipinski definition) is 2. The van der Waals surface area contributed by atoms with Gasteiger partial charge in [0, 0.05) is 14.7 Å². The fraction of sp³-hybridized carbons (Fsp3) is 0.273. The highest BCUT2D eigenvalue weighted by molar-refractivity contribution is 14.1. The number of carbonyl (C=O) groups excluding carboxylic acids is 1. The minimum absolute atomic E-state index is 0.0712. The number of benzene rings is 1. The quantitative estimate of drug-likeness (QED) is 0.485. The van der Waals surface area contributed by atoms with Gasteiger partial charge in [0.2, 0.25) is 0 Å². The molecular formula is C11H10ClIO4. The van der Waals surface area contributed by atoms with Gasteiger partial charge in [-0.2, -0.15) is 0 Å². The summed E-state index contributed by atoms with van der Waals surface area (Å²) < 4.78 is 0.568. The molecule has 2 unspecified atom stereocenters. The number of alkyl halides is 1. The van der Waals surface area contributed by atoms with Gasteiger partial charge in [-0.25, -0.2) is 4.79 Å². The van der Waals surface area contributed by atoms with Crippen molar-refractivity contribution >= 4 is 45.9 Å². The van der Waals surface area contributed by atoms with Crippen LogP contribution in [-0.4, -0.2) is 27.3 Å². The Morgan fingerprint density at radius 3 is 2.47 bits per heavy atom. The van der Waals surface area contributed by atoms with E-state index in [9.17, 15) is 14.7 Å². The zero-order valence-electron chi connectivity index (χ0n) is 8.85. The highest BCUT2D eigenvalue weighted by Gasteiger charge is 2.26. The lowest BCUT2D eigenvalue weighted by molar-refractivity contribution is -0.146. The largest absolute Gasteiger partial charge is 0.479 e. The van der Waals surface area contributed by atoms with Crippen molar-refractivity contribution in [2.45, 2.75) is 18.4 Å². The Morgan fingerprint density at radius 2 is 2.00 bits per heavy atom. The normalized spacial score (nSPS) is 14.1. The second-order valence-electron chi connectivity index (χ2n) is 3.43. The Balaban J connectivity index is 3.36. The minimum Gasteiger partial charge on any atom is -0.479 e. The van der Waals surface area contributed by atoms with Crippen LogP contribution in [0.1, 0.15) is 28.9 Å². The van der Waals surface area contributed by atoms with Gasteiger partial charge in [-0.15, -0.1) is 11.6 Å². The maximum atomic E-state index is 11.9. The van der Waals surface area contributed by atoms with E-state index in [4.69, 9.17) is 16.7 Å². The molecule has 0 bridgehead atoms. The number of aliphatic hydroxyl groups excluding tert-OH is 1. The van der Waals surface area contributed by atoms with E-state index in [2.05, 4.69) is 0 Å². The van der Waals surface area contributed by atoms with E-state index in [0.29, 0.717) is 3.57 Å². The number of carboxylic acid groups (broad SMARTS) is 1. The summed E-state index contributed by atoms with van der Waals surface area (Å²) in [4.78, 5) is 22.6. The van der Waals surface area contributed by atoms with E-state index >= 15 is 0 Å². The van der Waals surface area contributed by atoms with E-state index in [1.54, 1.807) is 12.1 Å². The van der Waals surface area contributed by atoms with Gasteiger partial charge in [0.1, 0.15) is 0 Å². The fourth-order valence-corrected chi connectivity index (χ4v) is 2.25. The standard InChI is InChI=1S/C11H10ClIO4/c1-5(12)9(14)8-6(10(15)11(16)17)3-2-4-7(8)13/h2-5,10,15H,1H3,(H,16,17). The van der Waals surface area contributed by atoms with E-state index < -0.39 is 23.2 Å². The number of rotatable bonds is 4. The van der Waals surface area contributed by atoms with Gasteiger partial charge >= 0.3 is 5.97 Å². The summed E-state index contributed by atoms with van der Waals surface area (Å²) in [5.74, 6) is -1.80. The zero-order chi connectivity index (χ0) is 13.2. The number of carboxylic acids is 1. The molecule has 17 heavy (non-hydrogen) atoms. The Labute approximate surface area is 117 Å². The molecule has 2 N–H and O–H groups in total. The van der Waals surface area contributed by atoms with Crippen LogP contribution in [-0.2, 0) is 4.79 Å². The van der Waals surface area contributed by atoms with Crippen LogP contribution in [0, 0.1) is 3.57 Å². The van der Waals surface area contributed by atoms with Gasteiger partial charge in [0.15, 0.2) is 11.9 Å². The number of carbonyl (C=O) groups is 2. The Hall–Kier alpha value is -0.660. The monoisotopic (exact) mass is 368 g/mol. The number of aliphatic hydroxyl groups is 1. The summed E-state index contributed by atoms with van der Waals surface area (Å²) in [5, 5.41) is 17.5. The summed E-state index contributed by atoms with van der Waals surface area (Å²) >= 11 is 7.62. The van der Waals surface area contributed by atoms with Gasteiger partial charge in [-0.3, -0.25) is 4.79 Å².